The molecular weight excluding hydrogens is 218 g/mol. The van der Waals surface area contributed by atoms with E-state index in [4.69, 9.17) is 0 Å². The van der Waals surface area contributed by atoms with Crippen LogP contribution in [0.1, 0.15) is 20.7 Å². The van der Waals surface area contributed by atoms with Gasteiger partial charge in [-0.3, -0.25) is 9.59 Å². The van der Waals surface area contributed by atoms with E-state index in [9.17, 15) is 9.59 Å². The number of carbonyl (C=O) groups excluding carboxylic acids is 2. The second-order valence-corrected chi connectivity index (χ2v) is 3.26. The molecule has 2 aromatic rings. The molecule has 0 radical (unpaired) electrons. The first-order valence-electron chi connectivity index (χ1n) is 4.94. The molecule has 0 bridgehead atoms. The quantitative estimate of drug-likeness (QED) is 0.738. The van der Waals surface area contributed by atoms with Crippen molar-refractivity contribution in [2.45, 2.75) is 0 Å². The van der Waals surface area contributed by atoms with Crippen molar-refractivity contribution in [3.8, 4) is 0 Å². The molecule has 1 heterocycles. The van der Waals surface area contributed by atoms with E-state index in [0.29, 0.717) is 11.1 Å². The maximum Gasteiger partial charge on any atom is 0.186 e. The van der Waals surface area contributed by atoms with Gasteiger partial charge in [0.2, 0.25) is 0 Å². The average molecular weight is 227 g/mol. The predicted molar refractivity (Wildman–Crippen MR) is 60.6 cm³/mol. The molecule has 0 amide bonds. The molecule has 0 aliphatic heterocycles. The number of carbonyl (C=O) groups is 2. The zero-order chi connectivity index (χ0) is 12.1. The molecule has 0 spiro atoms. The number of fused-ring (bicyclic) bond motifs is 1. The summed E-state index contributed by atoms with van der Waals surface area (Å²) in [6.07, 6.45) is 5.79. The van der Waals surface area contributed by atoms with Gasteiger partial charge < -0.3 is 0 Å². The Kier molecular flexibility index (Phi) is 3.20. The van der Waals surface area contributed by atoms with Gasteiger partial charge in [0.05, 0.1) is 12.4 Å². The maximum atomic E-state index is 11.2. The van der Waals surface area contributed by atoms with Crippen molar-refractivity contribution < 1.29 is 9.59 Å². The maximum absolute atomic E-state index is 11.2. The predicted octanol–water partition coefficient (Wildman–Crippen LogP) is 1.43. The summed E-state index contributed by atoms with van der Waals surface area (Å²) in [5, 5.41) is 9.33. The van der Waals surface area contributed by atoms with E-state index in [-0.39, 0.29) is 11.6 Å². The number of benzene rings is 1. The minimum absolute atomic E-state index is 0.0924. The standard InChI is InChI=1S/C10H6O2.C2H3N3/c11-9-5-6-10(12)8-4-2-1-3-7(8)9;1-2-4-5-3-1/h1-6H;1-2H,(H,3,4,5). The molecule has 1 aromatic carbocycles. The number of nitrogens with one attached hydrogen (secondary N) is 1. The Morgan fingerprint density at radius 2 is 1.29 bits per heavy atom. The van der Waals surface area contributed by atoms with Gasteiger partial charge in [0.15, 0.2) is 11.6 Å². The average Bonchev–Trinajstić information content (AvgIpc) is 2.93. The summed E-state index contributed by atoms with van der Waals surface area (Å²) in [5.74, 6) is -0.185. The molecule has 17 heavy (non-hydrogen) atoms. The molecule has 0 saturated heterocycles. The number of hydrogen-bond acceptors (Lipinski definition) is 4. The van der Waals surface area contributed by atoms with Crippen LogP contribution in [0.2, 0.25) is 0 Å². The van der Waals surface area contributed by atoms with Crippen LogP contribution >= 0.6 is 0 Å². The van der Waals surface area contributed by atoms with Crippen LogP contribution in [0, 0.1) is 0 Å². The number of ketones is 2. The highest BCUT2D eigenvalue weighted by atomic mass is 16.1. The minimum atomic E-state index is -0.0924. The summed E-state index contributed by atoms with van der Waals surface area (Å²) < 4.78 is 0. The first kappa shape index (κ1) is 10.9. The van der Waals surface area contributed by atoms with Crippen LogP contribution in [0.25, 0.3) is 0 Å². The molecule has 0 saturated carbocycles. The van der Waals surface area contributed by atoms with Crippen LogP contribution in [0.5, 0.6) is 0 Å². The SMILES string of the molecule is O=C1C=CC(=O)c2ccccc21.c1cn[nH]n1. The van der Waals surface area contributed by atoms with E-state index in [1.165, 1.54) is 12.2 Å². The number of nitrogens with zero attached hydrogens (tertiary/aromatic N) is 2. The van der Waals surface area contributed by atoms with Gasteiger partial charge in [-0.1, -0.05) is 24.3 Å². The molecule has 1 aliphatic carbocycles. The van der Waals surface area contributed by atoms with Gasteiger partial charge in [0, 0.05) is 11.1 Å². The fourth-order valence-electron chi connectivity index (χ4n) is 1.41. The number of allylic oxidation sites excluding steroid dienone is 2. The lowest BCUT2D eigenvalue weighted by molar-refractivity contribution is 0.0994. The fourth-order valence-corrected chi connectivity index (χ4v) is 1.41. The molecule has 1 N–H and O–H groups in total. The Morgan fingerprint density at radius 1 is 0.824 bits per heavy atom. The second kappa shape index (κ2) is 4.98. The highest BCUT2D eigenvalue weighted by Gasteiger charge is 2.16. The van der Waals surface area contributed by atoms with E-state index in [1.807, 2.05) is 0 Å². The summed E-state index contributed by atoms with van der Waals surface area (Å²) in [5.41, 5.74) is 1.01. The Labute approximate surface area is 97.2 Å². The van der Waals surface area contributed by atoms with Crippen LogP contribution in [0.3, 0.4) is 0 Å². The topological polar surface area (TPSA) is 75.7 Å². The Balaban J connectivity index is 0.000000181. The van der Waals surface area contributed by atoms with E-state index in [2.05, 4.69) is 15.4 Å². The molecule has 0 fully saturated rings. The van der Waals surface area contributed by atoms with Crippen molar-refractivity contribution in [3.05, 3.63) is 59.9 Å². The fraction of sp³-hybridized carbons (Fsp3) is 0. The Bertz CT molecular complexity index is 505. The van der Waals surface area contributed by atoms with Crippen molar-refractivity contribution in [2.24, 2.45) is 0 Å². The molecule has 5 heteroatoms. The minimum Gasteiger partial charge on any atom is -0.289 e. The van der Waals surface area contributed by atoms with Gasteiger partial charge in [0.25, 0.3) is 0 Å². The number of H-pyrrole nitrogens is 1. The van der Waals surface area contributed by atoms with Crippen molar-refractivity contribution in [1.82, 2.24) is 15.4 Å². The normalized spacial score (nSPS) is 12.7. The van der Waals surface area contributed by atoms with Crippen molar-refractivity contribution >= 4 is 11.6 Å². The van der Waals surface area contributed by atoms with Gasteiger partial charge in [-0.15, -0.1) is 0 Å². The van der Waals surface area contributed by atoms with E-state index in [0.717, 1.165) is 0 Å². The smallest absolute Gasteiger partial charge is 0.186 e. The molecule has 1 aromatic heterocycles. The van der Waals surface area contributed by atoms with Gasteiger partial charge >= 0.3 is 0 Å². The van der Waals surface area contributed by atoms with Gasteiger partial charge in [-0.2, -0.15) is 15.4 Å². The van der Waals surface area contributed by atoms with Gasteiger partial charge in [-0.05, 0) is 12.2 Å². The summed E-state index contributed by atoms with van der Waals surface area (Å²) in [6, 6.07) is 6.84. The summed E-state index contributed by atoms with van der Waals surface area (Å²) in [6.45, 7) is 0. The monoisotopic (exact) mass is 227 g/mol. The molecule has 3 rings (SSSR count). The zero-order valence-corrected chi connectivity index (χ0v) is 8.83. The van der Waals surface area contributed by atoms with Crippen LogP contribution in [0.4, 0.5) is 0 Å². The highest BCUT2D eigenvalue weighted by molar-refractivity contribution is 6.21. The summed E-state index contributed by atoms with van der Waals surface area (Å²) in [7, 11) is 0. The zero-order valence-electron chi connectivity index (χ0n) is 8.83. The van der Waals surface area contributed by atoms with Crippen molar-refractivity contribution in [1.29, 1.82) is 0 Å². The molecule has 1 aliphatic rings. The van der Waals surface area contributed by atoms with Crippen molar-refractivity contribution in [3.63, 3.8) is 0 Å². The summed E-state index contributed by atoms with van der Waals surface area (Å²) in [4.78, 5) is 22.4. The molecular formula is C12H9N3O2. The number of aromatic amines is 1. The number of rotatable bonds is 0. The third-order valence-electron chi connectivity index (χ3n) is 2.18. The largest absolute Gasteiger partial charge is 0.289 e. The lowest BCUT2D eigenvalue weighted by atomic mass is 9.95. The Hall–Kier alpha value is -2.56. The van der Waals surface area contributed by atoms with E-state index < -0.39 is 0 Å². The molecule has 0 atom stereocenters. The lowest BCUT2D eigenvalue weighted by Gasteiger charge is -2.06. The molecule has 84 valence electrons. The highest BCUT2D eigenvalue weighted by Crippen LogP contribution is 2.15. The van der Waals surface area contributed by atoms with Gasteiger partial charge in [-0.25, -0.2) is 0 Å². The third kappa shape index (κ3) is 2.52. The van der Waals surface area contributed by atoms with E-state index >= 15 is 0 Å². The Morgan fingerprint density at radius 3 is 1.65 bits per heavy atom. The summed E-state index contributed by atoms with van der Waals surface area (Å²) >= 11 is 0. The van der Waals surface area contributed by atoms with Crippen molar-refractivity contribution in [2.75, 3.05) is 0 Å². The lowest BCUT2D eigenvalue weighted by Crippen LogP contribution is -2.10. The number of aromatic nitrogens is 3. The molecule has 5 nitrogen and oxygen atoms in total. The van der Waals surface area contributed by atoms with Crippen LogP contribution in [-0.4, -0.2) is 27.0 Å². The number of hydrogen-bond donors (Lipinski definition) is 1. The van der Waals surface area contributed by atoms with Crippen LogP contribution in [-0.2, 0) is 0 Å². The first-order chi connectivity index (χ1) is 8.29. The van der Waals surface area contributed by atoms with Crippen LogP contribution in [0.15, 0.2) is 48.8 Å². The van der Waals surface area contributed by atoms with Crippen LogP contribution < -0.4 is 0 Å². The second-order valence-electron chi connectivity index (χ2n) is 3.26. The van der Waals surface area contributed by atoms with Gasteiger partial charge in [0.1, 0.15) is 0 Å². The third-order valence-corrected chi connectivity index (χ3v) is 2.18. The van der Waals surface area contributed by atoms with E-state index in [1.54, 1.807) is 36.7 Å². The first-order valence-corrected chi connectivity index (χ1v) is 4.94. The molecule has 0 unspecified atom stereocenters.